The summed E-state index contributed by atoms with van der Waals surface area (Å²) in [5, 5.41) is 6.81. The van der Waals surface area contributed by atoms with Gasteiger partial charge in [-0.25, -0.2) is 9.97 Å². The van der Waals surface area contributed by atoms with Crippen LogP contribution in [0.1, 0.15) is 10.4 Å². The van der Waals surface area contributed by atoms with Gasteiger partial charge in [0.15, 0.2) is 0 Å². The maximum Gasteiger partial charge on any atom is 0.262 e. The smallest absolute Gasteiger partial charge is 0.262 e. The van der Waals surface area contributed by atoms with Crippen LogP contribution in [0.5, 0.6) is 5.88 Å². The van der Waals surface area contributed by atoms with E-state index in [4.69, 9.17) is 4.74 Å². The maximum absolute atomic E-state index is 12.2. The van der Waals surface area contributed by atoms with Crippen molar-refractivity contribution < 1.29 is 9.53 Å². The number of hydrogen-bond donors (Lipinski definition) is 1. The number of hydrogen-bond acceptors (Lipinski definition) is 5. The van der Waals surface area contributed by atoms with E-state index in [0.29, 0.717) is 11.3 Å². The van der Waals surface area contributed by atoms with E-state index in [0.717, 1.165) is 5.82 Å². The molecule has 0 aliphatic carbocycles. The number of aromatic nitrogens is 5. The Kier molecular flexibility index (Phi) is 3.57. The lowest BCUT2D eigenvalue weighted by Crippen LogP contribution is -2.12. The Morgan fingerprint density at radius 2 is 2.23 bits per heavy atom. The minimum absolute atomic E-state index is 0.281. The molecule has 112 valence electrons. The SMILES string of the molecule is COc1nn(C)cc1C(=O)Nc1ccc(-n2ccnc2)nc1. The highest BCUT2D eigenvalue weighted by Gasteiger charge is 2.16. The van der Waals surface area contributed by atoms with E-state index in [-0.39, 0.29) is 11.8 Å². The summed E-state index contributed by atoms with van der Waals surface area (Å²) in [6.45, 7) is 0. The van der Waals surface area contributed by atoms with Crippen LogP contribution in [0.15, 0.2) is 43.2 Å². The molecule has 0 spiro atoms. The quantitative estimate of drug-likeness (QED) is 0.783. The number of ether oxygens (including phenoxy) is 1. The second kappa shape index (κ2) is 5.68. The van der Waals surface area contributed by atoms with Gasteiger partial charge in [0.2, 0.25) is 5.88 Å². The molecular weight excluding hydrogens is 284 g/mol. The van der Waals surface area contributed by atoms with E-state index in [2.05, 4.69) is 20.4 Å². The summed E-state index contributed by atoms with van der Waals surface area (Å²) < 4.78 is 8.37. The van der Waals surface area contributed by atoms with Gasteiger partial charge in [0.1, 0.15) is 17.7 Å². The molecule has 3 rings (SSSR count). The molecule has 1 N–H and O–H groups in total. The predicted octanol–water partition coefficient (Wildman–Crippen LogP) is 1.26. The number of aryl methyl sites for hydroxylation is 1. The third-order valence-corrected chi connectivity index (χ3v) is 3.01. The molecule has 8 heteroatoms. The largest absolute Gasteiger partial charge is 0.479 e. The van der Waals surface area contributed by atoms with Crippen molar-refractivity contribution in [2.75, 3.05) is 12.4 Å². The fraction of sp³-hybridized carbons (Fsp3) is 0.143. The predicted molar refractivity (Wildman–Crippen MR) is 79.1 cm³/mol. The third-order valence-electron chi connectivity index (χ3n) is 3.01. The summed E-state index contributed by atoms with van der Waals surface area (Å²) in [6, 6.07) is 3.56. The fourth-order valence-corrected chi connectivity index (χ4v) is 1.98. The van der Waals surface area contributed by atoms with Crippen LogP contribution < -0.4 is 10.1 Å². The first-order valence-corrected chi connectivity index (χ1v) is 6.51. The van der Waals surface area contributed by atoms with Crippen LogP contribution in [0.4, 0.5) is 5.69 Å². The first kappa shape index (κ1) is 13.8. The molecule has 3 heterocycles. The molecule has 22 heavy (non-hydrogen) atoms. The summed E-state index contributed by atoms with van der Waals surface area (Å²) in [6.07, 6.45) is 8.30. The van der Waals surface area contributed by atoms with Gasteiger partial charge in [-0.1, -0.05) is 0 Å². The minimum atomic E-state index is -0.304. The van der Waals surface area contributed by atoms with Gasteiger partial charge >= 0.3 is 0 Å². The molecule has 0 aliphatic heterocycles. The monoisotopic (exact) mass is 298 g/mol. The first-order chi connectivity index (χ1) is 10.7. The van der Waals surface area contributed by atoms with Gasteiger partial charge in [0.25, 0.3) is 5.91 Å². The van der Waals surface area contributed by atoms with E-state index >= 15 is 0 Å². The Bertz CT molecular complexity index is 776. The van der Waals surface area contributed by atoms with E-state index < -0.39 is 0 Å². The van der Waals surface area contributed by atoms with E-state index in [1.54, 1.807) is 54.9 Å². The highest BCUT2D eigenvalue weighted by Crippen LogP contribution is 2.17. The second-order valence-electron chi connectivity index (χ2n) is 4.55. The van der Waals surface area contributed by atoms with Crippen LogP contribution in [0.2, 0.25) is 0 Å². The summed E-state index contributed by atoms with van der Waals surface area (Å²) in [5.74, 6) is 0.694. The average molecular weight is 298 g/mol. The molecule has 0 atom stereocenters. The van der Waals surface area contributed by atoms with E-state index in [9.17, 15) is 4.79 Å². The highest BCUT2D eigenvalue weighted by molar-refractivity contribution is 6.05. The maximum atomic E-state index is 12.2. The van der Waals surface area contributed by atoms with E-state index in [1.807, 2.05) is 0 Å². The number of methoxy groups -OCH3 is 1. The zero-order valence-electron chi connectivity index (χ0n) is 12.1. The molecule has 0 unspecified atom stereocenters. The van der Waals surface area contributed by atoms with Crippen LogP contribution in [0, 0.1) is 0 Å². The lowest BCUT2D eigenvalue weighted by molar-refractivity contribution is 0.102. The molecule has 8 nitrogen and oxygen atoms in total. The average Bonchev–Trinajstić information content (AvgIpc) is 3.17. The van der Waals surface area contributed by atoms with Crippen LogP contribution in [-0.4, -0.2) is 37.3 Å². The normalized spacial score (nSPS) is 10.5. The summed E-state index contributed by atoms with van der Waals surface area (Å²) >= 11 is 0. The molecule has 0 fully saturated rings. The summed E-state index contributed by atoms with van der Waals surface area (Å²) in [4.78, 5) is 20.5. The first-order valence-electron chi connectivity index (χ1n) is 6.51. The molecule has 1 amide bonds. The molecule has 3 aromatic heterocycles. The standard InChI is InChI=1S/C14H14N6O2/c1-19-8-11(14(18-19)22-2)13(21)17-10-3-4-12(16-7-10)20-6-5-15-9-20/h3-9H,1-2H3,(H,17,21). The Labute approximate surface area is 126 Å². The van der Waals surface area contributed by atoms with Crippen LogP contribution in [0.25, 0.3) is 5.82 Å². The van der Waals surface area contributed by atoms with E-state index in [1.165, 1.54) is 11.8 Å². The Morgan fingerprint density at radius 1 is 1.36 bits per heavy atom. The van der Waals surface area contributed by atoms with Gasteiger partial charge in [-0.05, 0) is 12.1 Å². The van der Waals surface area contributed by atoms with Crippen molar-refractivity contribution >= 4 is 11.6 Å². The van der Waals surface area contributed by atoms with Crippen molar-refractivity contribution in [3.8, 4) is 11.7 Å². The number of nitrogens with zero attached hydrogens (tertiary/aromatic N) is 5. The molecule has 0 saturated carbocycles. The zero-order valence-corrected chi connectivity index (χ0v) is 12.1. The number of imidazole rings is 1. The van der Waals surface area contributed by atoms with Crippen LogP contribution in [-0.2, 0) is 7.05 Å². The second-order valence-corrected chi connectivity index (χ2v) is 4.55. The van der Waals surface area contributed by atoms with Gasteiger partial charge in [-0.2, -0.15) is 0 Å². The molecule has 0 aromatic carbocycles. The number of amides is 1. The zero-order chi connectivity index (χ0) is 15.5. The van der Waals surface area contributed by atoms with Gasteiger partial charge in [0.05, 0.1) is 19.0 Å². The van der Waals surface area contributed by atoms with Crippen molar-refractivity contribution in [1.29, 1.82) is 0 Å². The Balaban J connectivity index is 1.76. The lowest BCUT2D eigenvalue weighted by Gasteiger charge is -2.06. The number of anilines is 1. The summed E-state index contributed by atoms with van der Waals surface area (Å²) in [7, 11) is 3.20. The Hall–Kier alpha value is -3.16. The van der Waals surface area contributed by atoms with Crippen molar-refractivity contribution in [1.82, 2.24) is 24.3 Å². The Morgan fingerprint density at radius 3 is 2.86 bits per heavy atom. The highest BCUT2D eigenvalue weighted by atomic mass is 16.5. The number of rotatable bonds is 4. The van der Waals surface area contributed by atoms with Crippen molar-refractivity contribution in [3.05, 3.63) is 48.8 Å². The lowest BCUT2D eigenvalue weighted by atomic mass is 10.3. The molecule has 0 radical (unpaired) electrons. The number of pyridine rings is 1. The van der Waals surface area contributed by atoms with Gasteiger partial charge in [-0.3, -0.25) is 14.0 Å². The molecule has 0 saturated heterocycles. The van der Waals surface area contributed by atoms with Gasteiger partial charge in [-0.15, -0.1) is 5.10 Å². The third kappa shape index (κ3) is 2.66. The van der Waals surface area contributed by atoms with Gasteiger partial charge < -0.3 is 10.1 Å². The number of carbonyl (C=O) groups excluding carboxylic acids is 1. The molecule has 0 bridgehead atoms. The number of carbonyl (C=O) groups is 1. The molecule has 0 aliphatic rings. The van der Waals surface area contributed by atoms with Crippen LogP contribution >= 0.6 is 0 Å². The van der Waals surface area contributed by atoms with Crippen molar-refractivity contribution in [2.24, 2.45) is 7.05 Å². The molecule has 3 aromatic rings. The minimum Gasteiger partial charge on any atom is -0.479 e. The fourth-order valence-electron chi connectivity index (χ4n) is 1.98. The summed E-state index contributed by atoms with van der Waals surface area (Å²) in [5.41, 5.74) is 0.948. The van der Waals surface area contributed by atoms with Crippen molar-refractivity contribution in [2.45, 2.75) is 0 Å². The van der Waals surface area contributed by atoms with Gasteiger partial charge in [0, 0.05) is 25.6 Å². The molecular formula is C14H14N6O2. The van der Waals surface area contributed by atoms with Crippen molar-refractivity contribution in [3.63, 3.8) is 0 Å². The number of nitrogens with one attached hydrogen (secondary N) is 1. The van der Waals surface area contributed by atoms with Crippen LogP contribution in [0.3, 0.4) is 0 Å². The topological polar surface area (TPSA) is 86.9 Å².